The molecule has 3 aliphatic heterocycles. The minimum absolute atomic E-state index is 0.0137. The van der Waals surface area contributed by atoms with Gasteiger partial charge in [0, 0.05) is 59.2 Å². The van der Waals surface area contributed by atoms with Crippen LogP contribution < -0.4 is 14.7 Å². The molecular weight excluding hydrogens is 619 g/mol. The number of carbonyl (C=O) groups is 1. The normalized spacial score (nSPS) is 25.5. The van der Waals surface area contributed by atoms with Crippen LogP contribution in [0.15, 0.2) is 48.5 Å². The number of aliphatic hydroxyl groups excluding tert-OH is 2. The van der Waals surface area contributed by atoms with Crippen molar-refractivity contribution in [2.45, 2.75) is 69.7 Å². The Bertz CT molecular complexity index is 1390. The largest absolute Gasteiger partial charge is 0.746 e. The maximum atomic E-state index is 13.9. The number of phosphoric acid groups is 1. The minimum Gasteiger partial charge on any atom is -0.746 e. The van der Waals surface area contributed by atoms with Crippen LogP contribution in [0.25, 0.3) is 0 Å². The molecule has 0 spiro atoms. The van der Waals surface area contributed by atoms with E-state index in [4.69, 9.17) is 9.26 Å². The second-order valence-corrected chi connectivity index (χ2v) is 16.3. The van der Waals surface area contributed by atoms with E-state index in [1.165, 1.54) is 6.07 Å². The molecule has 13 heteroatoms. The molecule has 2 aromatic rings. The Labute approximate surface area is 268 Å². The molecule has 11 nitrogen and oxygen atoms in total. The van der Waals surface area contributed by atoms with Gasteiger partial charge in [-0.2, -0.15) is 0 Å². The molecular formula is C32H47N2O9PS. The summed E-state index contributed by atoms with van der Waals surface area (Å²) < 4.78 is 35.5. The van der Waals surface area contributed by atoms with E-state index in [0.717, 1.165) is 25.9 Å². The molecule has 2 aromatic carbocycles. The molecule has 250 valence electrons. The van der Waals surface area contributed by atoms with Gasteiger partial charge in [0.05, 0.1) is 25.8 Å². The summed E-state index contributed by atoms with van der Waals surface area (Å²) in [6.07, 6.45) is 1.98. The van der Waals surface area contributed by atoms with E-state index in [9.17, 15) is 33.6 Å². The quantitative estimate of drug-likeness (QED) is 0.134. The average molecular weight is 667 g/mol. The molecule has 3 saturated heterocycles. The third-order valence-electron chi connectivity index (χ3n) is 9.12. The molecule has 3 aliphatic rings. The number of carbonyl (C=O) groups excluding carboxylic acids is 1. The molecule has 0 amide bonds. The number of hydrogen-bond donors (Lipinski definition) is 4. The van der Waals surface area contributed by atoms with Crippen LogP contribution in [0.2, 0.25) is 0 Å². The van der Waals surface area contributed by atoms with Gasteiger partial charge in [-0.25, -0.2) is 0 Å². The van der Waals surface area contributed by atoms with Crippen molar-refractivity contribution in [3.05, 3.63) is 65.2 Å². The molecule has 5 unspecified atom stereocenters. The van der Waals surface area contributed by atoms with Crippen LogP contribution in [0.5, 0.6) is 5.75 Å². The molecule has 5 rings (SSSR count). The van der Waals surface area contributed by atoms with Crippen LogP contribution in [0.4, 0.5) is 0 Å². The fourth-order valence-electron chi connectivity index (χ4n) is 6.53. The number of quaternary nitrogens is 1. The molecule has 0 aromatic heterocycles. The molecule has 0 saturated carbocycles. The van der Waals surface area contributed by atoms with Gasteiger partial charge in [0.15, 0.2) is 6.10 Å². The molecule has 2 bridgehead atoms. The number of nitrogens with zero attached hydrogens (tertiary/aromatic N) is 1. The van der Waals surface area contributed by atoms with Crippen molar-refractivity contribution < 1.29 is 47.3 Å². The zero-order valence-electron chi connectivity index (χ0n) is 26.5. The van der Waals surface area contributed by atoms with E-state index in [1.807, 2.05) is 26.8 Å². The van der Waals surface area contributed by atoms with E-state index in [2.05, 4.69) is 5.32 Å². The third-order valence-corrected chi connectivity index (χ3v) is 10.3. The van der Waals surface area contributed by atoms with Crippen LogP contribution >= 0.6 is 7.82 Å². The van der Waals surface area contributed by atoms with E-state index in [-0.39, 0.29) is 35.9 Å². The van der Waals surface area contributed by atoms with Gasteiger partial charge in [0.25, 0.3) is 0 Å². The summed E-state index contributed by atoms with van der Waals surface area (Å²) in [7, 11) is -6.28. The Hall–Kier alpha value is -2.15. The van der Waals surface area contributed by atoms with E-state index < -0.39 is 48.8 Å². The summed E-state index contributed by atoms with van der Waals surface area (Å²) in [5, 5.41) is 24.8. The van der Waals surface area contributed by atoms with Gasteiger partial charge in [-0.1, -0.05) is 36.4 Å². The average Bonchev–Trinajstić information content (AvgIpc) is 2.97. The Morgan fingerprint density at radius 3 is 2.42 bits per heavy atom. The number of esters is 1. The van der Waals surface area contributed by atoms with Crippen LogP contribution in [-0.2, 0) is 36.9 Å². The first-order valence-electron chi connectivity index (χ1n) is 15.4. The summed E-state index contributed by atoms with van der Waals surface area (Å²) in [5.41, 5.74) is 0.121. The molecule has 5 atom stereocenters. The Morgan fingerprint density at radius 2 is 1.84 bits per heavy atom. The smallest absolute Gasteiger partial charge is 0.319 e. The zero-order valence-corrected chi connectivity index (χ0v) is 28.2. The second kappa shape index (κ2) is 14.3. The Balaban J connectivity index is 1.59. The van der Waals surface area contributed by atoms with Crippen LogP contribution in [0.1, 0.15) is 62.8 Å². The maximum absolute atomic E-state index is 13.9. The van der Waals surface area contributed by atoms with Gasteiger partial charge in [-0.05, 0) is 50.5 Å². The number of rotatable bonds is 14. The first kappa shape index (κ1) is 35.7. The van der Waals surface area contributed by atoms with Gasteiger partial charge < -0.3 is 39.1 Å². The van der Waals surface area contributed by atoms with Crippen LogP contribution in [-0.4, -0.2) is 86.2 Å². The number of piperidine rings is 3. The van der Waals surface area contributed by atoms with Crippen molar-refractivity contribution in [2.24, 2.45) is 5.92 Å². The summed E-state index contributed by atoms with van der Waals surface area (Å²) in [6, 6.07) is 13.7. The van der Waals surface area contributed by atoms with Crippen molar-refractivity contribution in [1.82, 2.24) is 5.32 Å². The number of nitrogens with one attached hydrogen (secondary N) is 1. The first-order chi connectivity index (χ1) is 21.0. The van der Waals surface area contributed by atoms with Gasteiger partial charge in [-0.15, -0.1) is 0 Å². The van der Waals surface area contributed by atoms with E-state index in [1.54, 1.807) is 42.7 Å². The van der Waals surface area contributed by atoms with E-state index in [0.29, 0.717) is 34.3 Å². The van der Waals surface area contributed by atoms with Crippen molar-refractivity contribution in [1.29, 1.82) is 0 Å². The lowest BCUT2D eigenvalue weighted by molar-refractivity contribution is -0.958. The van der Waals surface area contributed by atoms with Crippen molar-refractivity contribution in [3.63, 3.8) is 0 Å². The number of fused-ring (bicyclic) bond motifs is 3. The van der Waals surface area contributed by atoms with Crippen molar-refractivity contribution in [2.75, 3.05) is 44.8 Å². The monoisotopic (exact) mass is 666 g/mol. The molecule has 0 radical (unpaired) electrons. The lowest BCUT2D eigenvalue weighted by atomic mass is 9.78. The molecule has 45 heavy (non-hydrogen) atoms. The number of benzene rings is 2. The zero-order chi connectivity index (χ0) is 33.0. The standard InChI is InChI=1S/C32H47N2O9PS/c1-31(2,3)33-19-27(36)24-10-11-28(43-44(38,39)40)25(18-24)20-34-15-12-23(13-16-34)29(21-34)42-30(37)32(22-35,14-17-45(4)41)26-8-6-5-7-9-26/h5-11,18,23,27,29,33,35-36H,12-17,19-22H2,1-4H3,(H-,38,39,40). The fraction of sp³-hybridized carbons (Fsp3) is 0.594. The minimum atomic E-state index is -5.11. The van der Waals surface area contributed by atoms with Crippen LogP contribution in [0.3, 0.4) is 0 Å². The highest BCUT2D eigenvalue weighted by molar-refractivity contribution is 7.84. The Kier molecular flexibility index (Phi) is 11.4. The highest BCUT2D eigenvalue weighted by Gasteiger charge is 2.50. The van der Waals surface area contributed by atoms with Gasteiger partial charge in [-0.3, -0.25) is 13.6 Å². The maximum Gasteiger partial charge on any atom is 0.319 e. The van der Waals surface area contributed by atoms with Crippen LogP contribution in [0, 0.1) is 5.92 Å². The summed E-state index contributed by atoms with van der Waals surface area (Å²) >= 11 is 0. The summed E-state index contributed by atoms with van der Waals surface area (Å²) in [6.45, 7) is 8.10. The number of aliphatic hydroxyl groups is 2. The fourth-order valence-corrected chi connectivity index (χ4v) is 7.59. The lowest BCUT2D eigenvalue weighted by Gasteiger charge is -2.52. The van der Waals surface area contributed by atoms with Gasteiger partial charge >= 0.3 is 13.8 Å². The topological polar surface area (TPSA) is 165 Å². The number of β-amino-alcohol motifs (C(OH)–C–C–N with tert-alkyl or cyclic N) is 1. The summed E-state index contributed by atoms with van der Waals surface area (Å²) in [4.78, 5) is 35.2. The molecule has 0 aliphatic carbocycles. The molecule has 3 heterocycles. The Morgan fingerprint density at radius 1 is 1.18 bits per heavy atom. The second-order valence-electron chi connectivity index (χ2n) is 13.6. The predicted octanol–water partition coefficient (Wildman–Crippen LogP) is 2.30. The van der Waals surface area contributed by atoms with Gasteiger partial charge in [0.1, 0.15) is 24.3 Å². The predicted molar refractivity (Wildman–Crippen MR) is 170 cm³/mol. The molecule has 4 N–H and O–H groups in total. The van der Waals surface area contributed by atoms with Crippen molar-refractivity contribution >= 4 is 24.6 Å². The summed E-state index contributed by atoms with van der Waals surface area (Å²) in [5.74, 6) is -0.205. The number of ether oxygens (including phenoxy) is 1. The number of hydrogen-bond acceptors (Lipinski definition) is 9. The van der Waals surface area contributed by atoms with Gasteiger partial charge in [0.2, 0.25) is 0 Å². The van der Waals surface area contributed by atoms with E-state index >= 15 is 0 Å². The highest BCUT2D eigenvalue weighted by Crippen LogP contribution is 2.42. The van der Waals surface area contributed by atoms with Crippen molar-refractivity contribution in [3.8, 4) is 5.75 Å². The highest BCUT2D eigenvalue weighted by atomic mass is 32.2. The SMILES string of the molecule is CS(=O)CCC(CO)(C(=O)OC1C[N+]2(Cc3cc(C(O)CNC(C)(C)C)ccc3OP(=O)([O-])O)CCC1CC2)c1ccccc1. The first-order valence-corrected chi connectivity index (χ1v) is 18.6. The molecule has 3 fully saturated rings. The lowest BCUT2D eigenvalue weighted by Crippen LogP contribution is -2.64. The third kappa shape index (κ3) is 9.23. The number of phosphoric ester groups is 1.